The fourth-order valence-corrected chi connectivity index (χ4v) is 2.20. The minimum Gasteiger partial charge on any atom is -0.469 e. The Kier molecular flexibility index (Phi) is 4.80. The van der Waals surface area contributed by atoms with Crippen molar-refractivity contribution in [1.82, 2.24) is 5.32 Å². The maximum absolute atomic E-state index is 5.49. The molecule has 0 fully saturated rings. The van der Waals surface area contributed by atoms with Gasteiger partial charge in [0, 0.05) is 24.9 Å². The van der Waals surface area contributed by atoms with E-state index >= 15 is 0 Å². The second-order valence-electron chi connectivity index (χ2n) is 5.45. The Morgan fingerprint density at radius 3 is 2.42 bits per heavy atom. The van der Waals surface area contributed by atoms with Crippen molar-refractivity contribution in [2.45, 2.75) is 39.2 Å². The van der Waals surface area contributed by atoms with E-state index in [4.69, 9.17) is 4.42 Å². The van der Waals surface area contributed by atoms with Gasteiger partial charge in [-0.3, -0.25) is 0 Å². The van der Waals surface area contributed by atoms with Gasteiger partial charge in [0.15, 0.2) is 0 Å². The Balaban J connectivity index is 2.11. The van der Waals surface area contributed by atoms with Crippen molar-refractivity contribution in [3.8, 4) is 0 Å². The molecule has 2 rings (SSSR count). The van der Waals surface area contributed by atoms with E-state index in [0.29, 0.717) is 12.0 Å². The van der Waals surface area contributed by atoms with Crippen LogP contribution >= 0.6 is 0 Å². The van der Waals surface area contributed by atoms with Crippen LogP contribution in [0.2, 0.25) is 0 Å². The Hall–Kier alpha value is -1.54. The average Bonchev–Trinajstić information content (AvgIpc) is 2.88. The number of nitrogens with one attached hydrogen (secondary N) is 1. The molecule has 1 aromatic carbocycles. The molecule has 0 spiro atoms. The maximum Gasteiger partial charge on any atom is 0.104 e. The van der Waals surface area contributed by atoms with E-state index in [9.17, 15) is 0 Å². The van der Waals surface area contributed by atoms with Gasteiger partial charge in [-0.1, -0.05) is 43.7 Å². The number of aryl methyl sites for hydroxylation is 1. The molecule has 0 saturated carbocycles. The number of furan rings is 1. The quantitative estimate of drug-likeness (QED) is 0.848. The summed E-state index contributed by atoms with van der Waals surface area (Å²) < 4.78 is 5.49. The van der Waals surface area contributed by atoms with Crippen LogP contribution in [-0.2, 0) is 6.42 Å². The van der Waals surface area contributed by atoms with Crippen molar-refractivity contribution < 1.29 is 4.42 Å². The fourth-order valence-electron chi connectivity index (χ4n) is 2.20. The van der Waals surface area contributed by atoms with Gasteiger partial charge in [0.25, 0.3) is 0 Å². The van der Waals surface area contributed by atoms with Gasteiger partial charge in [-0.15, -0.1) is 0 Å². The van der Waals surface area contributed by atoms with Crippen molar-refractivity contribution >= 4 is 0 Å². The normalized spacial score (nSPS) is 12.8. The van der Waals surface area contributed by atoms with Crippen molar-refractivity contribution in [2.24, 2.45) is 0 Å². The van der Waals surface area contributed by atoms with Gasteiger partial charge in [0.1, 0.15) is 5.76 Å². The van der Waals surface area contributed by atoms with Gasteiger partial charge in [-0.05, 0) is 24.6 Å². The third-order valence-electron chi connectivity index (χ3n) is 3.35. The van der Waals surface area contributed by atoms with Crippen molar-refractivity contribution in [1.29, 1.82) is 0 Å². The zero-order chi connectivity index (χ0) is 13.7. The molecule has 2 heteroatoms. The SMILES string of the molecule is Cc1ccc(C(CNC(C)C)Cc2ccco2)cc1. The third-order valence-corrected chi connectivity index (χ3v) is 3.35. The molecule has 0 radical (unpaired) electrons. The highest BCUT2D eigenvalue weighted by atomic mass is 16.3. The minimum atomic E-state index is 0.453. The van der Waals surface area contributed by atoms with Gasteiger partial charge >= 0.3 is 0 Å². The van der Waals surface area contributed by atoms with E-state index in [1.54, 1.807) is 6.26 Å². The second-order valence-corrected chi connectivity index (χ2v) is 5.45. The Morgan fingerprint density at radius 2 is 1.84 bits per heavy atom. The molecule has 0 aliphatic rings. The van der Waals surface area contributed by atoms with Crippen LogP contribution in [0.3, 0.4) is 0 Å². The molecule has 0 bridgehead atoms. The second kappa shape index (κ2) is 6.58. The summed E-state index contributed by atoms with van der Waals surface area (Å²) in [5.41, 5.74) is 2.67. The molecular formula is C17H23NO. The molecule has 1 heterocycles. The first-order chi connectivity index (χ1) is 9.15. The smallest absolute Gasteiger partial charge is 0.104 e. The standard InChI is InChI=1S/C17H23NO/c1-13(2)18-12-16(11-17-5-4-10-19-17)15-8-6-14(3)7-9-15/h4-10,13,16,18H,11-12H2,1-3H3. The maximum atomic E-state index is 5.49. The van der Waals surface area contributed by atoms with Crippen LogP contribution in [0.25, 0.3) is 0 Å². The van der Waals surface area contributed by atoms with Crippen LogP contribution in [0.15, 0.2) is 47.1 Å². The number of benzene rings is 1. The molecule has 102 valence electrons. The first kappa shape index (κ1) is 13.9. The fraction of sp³-hybridized carbons (Fsp3) is 0.412. The molecule has 0 amide bonds. The van der Waals surface area contributed by atoms with Gasteiger partial charge in [0.05, 0.1) is 6.26 Å². The van der Waals surface area contributed by atoms with Crippen LogP contribution in [0.4, 0.5) is 0 Å². The average molecular weight is 257 g/mol. The summed E-state index contributed by atoms with van der Waals surface area (Å²) >= 11 is 0. The monoisotopic (exact) mass is 257 g/mol. The molecule has 1 unspecified atom stereocenters. The predicted octanol–water partition coefficient (Wildman–Crippen LogP) is 3.91. The summed E-state index contributed by atoms with van der Waals surface area (Å²) in [6, 6.07) is 13.3. The highest BCUT2D eigenvalue weighted by molar-refractivity contribution is 5.26. The topological polar surface area (TPSA) is 25.2 Å². The van der Waals surface area contributed by atoms with Crippen LogP contribution in [0, 0.1) is 6.92 Å². The van der Waals surface area contributed by atoms with E-state index < -0.39 is 0 Å². The summed E-state index contributed by atoms with van der Waals surface area (Å²) in [7, 11) is 0. The number of hydrogen-bond acceptors (Lipinski definition) is 2. The van der Waals surface area contributed by atoms with Gasteiger partial charge in [-0.25, -0.2) is 0 Å². The van der Waals surface area contributed by atoms with E-state index in [0.717, 1.165) is 18.7 Å². The first-order valence-electron chi connectivity index (χ1n) is 6.97. The van der Waals surface area contributed by atoms with E-state index in [1.165, 1.54) is 11.1 Å². The molecule has 1 N–H and O–H groups in total. The lowest BCUT2D eigenvalue weighted by molar-refractivity contribution is 0.461. The van der Waals surface area contributed by atoms with Crippen LogP contribution in [-0.4, -0.2) is 12.6 Å². The molecule has 0 aliphatic heterocycles. The molecule has 0 saturated heterocycles. The van der Waals surface area contributed by atoms with Crippen LogP contribution in [0.1, 0.15) is 36.7 Å². The molecule has 2 nitrogen and oxygen atoms in total. The number of hydrogen-bond donors (Lipinski definition) is 1. The Bertz CT molecular complexity index is 470. The van der Waals surface area contributed by atoms with Gasteiger partial charge in [0.2, 0.25) is 0 Å². The van der Waals surface area contributed by atoms with Crippen molar-refractivity contribution in [3.63, 3.8) is 0 Å². The van der Waals surface area contributed by atoms with Crippen molar-refractivity contribution in [3.05, 3.63) is 59.5 Å². The molecule has 1 aromatic heterocycles. The lowest BCUT2D eigenvalue weighted by atomic mass is 9.93. The van der Waals surface area contributed by atoms with Gasteiger partial charge in [-0.2, -0.15) is 0 Å². The molecule has 1 atom stereocenters. The molecule has 19 heavy (non-hydrogen) atoms. The highest BCUT2D eigenvalue weighted by Gasteiger charge is 2.14. The lowest BCUT2D eigenvalue weighted by Crippen LogP contribution is -2.28. The molecule has 2 aromatic rings. The minimum absolute atomic E-state index is 0.453. The number of rotatable bonds is 6. The van der Waals surface area contributed by atoms with Crippen LogP contribution < -0.4 is 5.32 Å². The van der Waals surface area contributed by atoms with Crippen molar-refractivity contribution in [2.75, 3.05) is 6.54 Å². The van der Waals surface area contributed by atoms with Crippen LogP contribution in [0.5, 0.6) is 0 Å². The van der Waals surface area contributed by atoms with E-state index in [2.05, 4.69) is 56.4 Å². The summed E-state index contributed by atoms with van der Waals surface area (Å²) in [4.78, 5) is 0. The summed E-state index contributed by atoms with van der Waals surface area (Å²) in [5.74, 6) is 1.50. The largest absolute Gasteiger partial charge is 0.469 e. The molecule has 0 aliphatic carbocycles. The summed E-state index contributed by atoms with van der Waals surface area (Å²) in [6.07, 6.45) is 2.69. The third kappa shape index (κ3) is 4.25. The molecular weight excluding hydrogens is 234 g/mol. The van der Waals surface area contributed by atoms with Gasteiger partial charge < -0.3 is 9.73 Å². The van der Waals surface area contributed by atoms with E-state index in [1.807, 2.05) is 6.07 Å². The Labute approximate surface area is 115 Å². The first-order valence-corrected chi connectivity index (χ1v) is 6.97. The zero-order valence-corrected chi connectivity index (χ0v) is 12.0. The Morgan fingerprint density at radius 1 is 1.11 bits per heavy atom. The summed E-state index contributed by atoms with van der Waals surface area (Å²) in [5, 5.41) is 3.53. The zero-order valence-electron chi connectivity index (χ0n) is 12.0. The highest BCUT2D eigenvalue weighted by Crippen LogP contribution is 2.21. The predicted molar refractivity (Wildman–Crippen MR) is 79.5 cm³/mol. The summed E-state index contributed by atoms with van der Waals surface area (Å²) in [6.45, 7) is 7.46. The lowest BCUT2D eigenvalue weighted by Gasteiger charge is -2.19. The van der Waals surface area contributed by atoms with E-state index in [-0.39, 0.29) is 0 Å².